The van der Waals surface area contributed by atoms with E-state index in [9.17, 15) is 14.4 Å². The van der Waals surface area contributed by atoms with Crippen LogP contribution in [0.4, 0.5) is 5.82 Å². The van der Waals surface area contributed by atoms with Crippen molar-refractivity contribution >= 4 is 23.6 Å². The number of benzene rings is 1. The van der Waals surface area contributed by atoms with E-state index in [0.717, 1.165) is 32.0 Å². The number of pyridine rings is 1. The average molecular weight is 505 g/mol. The minimum atomic E-state index is -0.667. The van der Waals surface area contributed by atoms with Crippen molar-refractivity contribution in [2.24, 2.45) is 11.8 Å². The second kappa shape index (κ2) is 11.1. The Kier molecular flexibility index (Phi) is 7.50. The Hall–Kier alpha value is -3.72. The minimum Gasteiger partial charge on any atom is -0.496 e. The van der Waals surface area contributed by atoms with Crippen molar-refractivity contribution in [1.82, 2.24) is 14.8 Å². The maximum absolute atomic E-state index is 13.2. The van der Waals surface area contributed by atoms with Gasteiger partial charge in [-0.2, -0.15) is 0 Å². The summed E-state index contributed by atoms with van der Waals surface area (Å²) in [5, 5.41) is 0. The fourth-order valence-electron chi connectivity index (χ4n) is 5.40. The van der Waals surface area contributed by atoms with Gasteiger partial charge in [0.15, 0.2) is 0 Å². The Labute approximate surface area is 216 Å². The van der Waals surface area contributed by atoms with Crippen LogP contribution < -0.4 is 9.64 Å². The Balaban J connectivity index is 1.29. The number of carbonyl (C=O) groups is 3. The largest absolute Gasteiger partial charge is 0.496 e. The molecule has 0 bridgehead atoms. The molecule has 0 radical (unpaired) electrons. The monoisotopic (exact) mass is 504 g/mol. The van der Waals surface area contributed by atoms with Crippen LogP contribution in [-0.2, 0) is 14.3 Å². The standard InChI is InChI=1S/C28H32N4O5/c1-36-24-11-5-4-10-23(24)28(35)37-20(19-32-26(33)21-8-2-3-9-22(21)27(32)34)18-30-14-16-31(17-15-30)25-12-6-7-13-29-25/h2-7,10-13,20-22H,8-9,14-19H2,1H3/t20?,21-,22+. The van der Waals surface area contributed by atoms with Crippen LogP contribution in [0.2, 0.25) is 0 Å². The molecule has 2 amide bonds. The molecule has 0 N–H and O–H groups in total. The summed E-state index contributed by atoms with van der Waals surface area (Å²) in [5.74, 6) is -0.149. The first kappa shape index (κ1) is 25.0. The smallest absolute Gasteiger partial charge is 0.342 e. The third-order valence-corrected chi connectivity index (χ3v) is 7.39. The summed E-state index contributed by atoms with van der Waals surface area (Å²) in [4.78, 5) is 49.6. The highest BCUT2D eigenvalue weighted by Crippen LogP contribution is 2.35. The number of amides is 2. The molecule has 3 heterocycles. The van der Waals surface area contributed by atoms with Gasteiger partial charge in [-0.3, -0.25) is 19.4 Å². The Morgan fingerprint density at radius 2 is 1.62 bits per heavy atom. The molecule has 2 fully saturated rings. The van der Waals surface area contributed by atoms with Crippen LogP contribution in [0, 0.1) is 11.8 Å². The highest BCUT2D eigenvalue weighted by Gasteiger charge is 2.48. The van der Waals surface area contributed by atoms with Gasteiger partial charge in [0, 0.05) is 38.9 Å². The van der Waals surface area contributed by atoms with Gasteiger partial charge in [-0.1, -0.05) is 30.4 Å². The predicted octanol–water partition coefficient (Wildman–Crippen LogP) is 2.39. The molecule has 9 heteroatoms. The fraction of sp³-hybridized carbons (Fsp3) is 0.429. The number of ether oxygens (including phenoxy) is 2. The maximum atomic E-state index is 13.2. The molecule has 1 aliphatic carbocycles. The zero-order valence-electron chi connectivity index (χ0n) is 21.0. The lowest BCUT2D eigenvalue weighted by Gasteiger charge is -2.37. The highest BCUT2D eigenvalue weighted by molar-refractivity contribution is 6.05. The molecule has 2 aromatic rings. The van der Waals surface area contributed by atoms with Crippen molar-refractivity contribution in [2.75, 3.05) is 51.3 Å². The molecule has 2 saturated heterocycles. The number of hydrogen-bond donors (Lipinski definition) is 0. The first-order valence-corrected chi connectivity index (χ1v) is 12.8. The number of anilines is 1. The summed E-state index contributed by atoms with van der Waals surface area (Å²) in [7, 11) is 1.50. The topological polar surface area (TPSA) is 92.3 Å². The number of piperazine rings is 1. The van der Waals surface area contributed by atoms with Crippen LogP contribution in [0.25, 0.3) is 0 Å². The van der Waals surface area contributed by atoms with Gasteiger partial charge < -0.3 is 14.4 Å². The van der Waals surface area contributed by atoms with Gasteiger partial charge in [-0.05, 0) is 37.1 Å². The normalized spacial score (nSPS) is 22.6. The number of fused-ring (bicyclic) bond motifs is 1. The number of allylic oxidation sites excluding steroid dienone is 2. The first-order valence-electron chi connectivity index (χ1n) is 12.8. The number of imide groups is 1. The van der Waals surface area contributed by atoms with Crippen LogP contribution in [0.1, 0.15) is 23.2 Å². The van der Waals surface area contributed by atoms with Crippen LogP contribution in [0.3, 0.4) is 0 Å². The number of aromatic nitrogens is 1. The molecular weight excluding hydrogens is 472 g/mol. The maximum Gasteiger partial charge on any atom is 0.342 e. The van der Waals surface area contributed by atoms with E-state index in [2.05, 4.69) is 14.8 Å². The van der Waals surface area contributed by atoms with E-state index in [1.807, 2.05) is 30.4 Å². The Bertz CT molecular complexity index is 1140. The zero-order valence-corrected chi connectivity index (χ0v) is 21.0. The average Bonchev–Trinajstić information content (AvgIpc) is 3.18. The van der Waals surface area contributed by atoms with Crippen molar-refractivity contribution in [3.05, 3.63) is 66.4 Å². The lowest BCUT2D eigenvalue weighted by molar-refractivity contribution is -0.141. The summed E-state index contributed by atoms with van der Waals surface area (Å²) < 4.78 is 11.3. The zero-order chi connectivity index (χ0) is 25.8. The number of esters is 1. The van der Waals surface area contributed by atoms with E-state index in [0.29, 0.717) is 30.7 Å². The molecule has 5 rings (SSSR count). The lowest BCUT2D eigenvalue weighted by atomic mass is 9.85. The SMILES string of the molecule is COc1ccccc1C(=O)OC(CN1CCN(c2ccccn2)CC1)CN1C(=O)[C@H]2CC=CC[C@H]2C1=O. The van der Waals surface area contributed by atoms with Gasteiger partial charge in [-0.25, -0.2) is 9.78 Å². The second-order valence-corrected chi connectivity index (χ2v) is 9.65. The molecule has 194 valence electrons. The van der Waals surface area contributed by atoms with E-state index in [1.165, 1.54) is 12.0 Å². The number of carbonyl (C=O) groups excluding carboxylic acids is 3. The van der Waals surface area contributed by atoms with Crippen LogP contribution in [0.15, 0.2) is 60.8 Å². The quantitative estimate of drug-likeness (QED) is 0.308. The summed E-state index contributed by atoms with van der Waals surface area (Å²) >= 11 is 0. The molecular formula is C28H32N4O5. The van der Waals surface area contributed by atoms with Gasteiger partial charge in [0.2, 0.25) is 11.8 Å². The Morgan fingerprint density at radius 1 is 0.946 bits per heavy atom. The van der Waals surface area contributed by atoms with Crippen molar-refractivity contribution in [2.45, 2.75) is 18.9 Å². The number of rotatable bonds is 8. The van der Waals surface area contributed by atoms with E-state index in [-0.39, 0.29) is 30.2 Å². The van der Waals surface area contributed by atoms with Gasteiger partial charge in [0.05, 0.1) is 25.5 Å². The number of methoxy groups -OCH3 is 1. The molecule has 3 atom stereocenters. The van der Waals surface area contributed by atoms with Crippen molar-refractivity contribution in [3.63, 3.8) is 0 Å². The minimum absolute atomic E-state index is 0.0476. The van der Waals surface area contributed by atoms with Crippen LogP contribution in [-0.4, -0.2) is 85.0 Å². The molecule has 3 aliphatic rings. The van der Waals surface area contributed by atoms with E-state index >= 15 is 0 Å². The summed E-state index contributed by atoms with van der Waals surface area (Å²) in [6.07, 6.45) is 6.21. The summed E-state index contributed by atoms with van der Waals surface area (Å²) in [5.41, 5.74) is 0.312. The van der Waals surface area contributed by atoms with Crippen molar-refractivity contribution in [1.29, 1.82) is 0 Å². The summed E-state index contributed by atoms with van der Waals surface area (Å²) in [6, 6.07) is 12.7. The third kappa shape index (κ3) is 5.36. The fourth-order valence-corrected chi connectivity index (χ4v) is 5.40. The van der Waals surface area contributed by atoms with Gasteiger partial charge in [0.25, 0.3) is 0 Å². The first-order chi connectivity index (χ1) is 18.0. The number of hydrogen-bond acceptors (Lipinski definition) is 8. The number of likely N-dealkylation sites (tertiary alicyclic amines) is 1. The molecule has 0 saturated carbocycles. The van der Waals surface area contributed by atoms with Gasteiger partial charge in [-0.15, -0.1) is 0 Å². The van der Waals surface area contributed by atoms with Crippen LogP contribution >= 0.6 is 0 Å². The third-order valence-electron chi connectivity index (χ3n) is 7.39. The molecule has 0 spiro atoms. The Morgan fingerprint density at radius 3 is 2.27 bits per heavy atom. The second-order valence-electron chi connectivity index (χ2n) is 9.65. The molecule has 1 aromatic heterocycles. The van der Waals surface area contributed by atoms with Gasteiger partial charge in [0.1, 0.15) is 23.2 Å². The highest BCUT2D eigenvalue weighted by atomic mass is 16.5. The predicted molar refractivity (Wildman–Crippen MR) is 137 cm³/mol. The molecule has 37 heavy (non-hydrogen) atoms. The van der Waals surface area contributed by atoms with Crippen molar-refractivity contribution in [3.8, 4) is 5.75 Å². The number of para-hydroxylation sites is 1. The molecule has 2 aliphatic heterocycles. The number of nitrogens with zero attached hydrogens (tertiary/aromatic N) is 4. The van der Waals surface area contributed by atoms with E-state index in [1.54, 1.807) is 30.5 Å². The van der Waals surface area contributed by atoms with Crippen LogP contribution in [0.5, 0.6) is 5.75 Å². The molecule has 1 unspecified atom stereocenters. The van der Waals surface area contributed by atoms with Gasteiger partial charge >= 0.3 is 5.97 Å². The van der Waals surface area contributed by atoms with Crippen molar-refractivity contribution < 1.29 is 23.9 Å². The van der Waals surface area contributed by atoms with E-state index in [4.69, 9.17) is 9.47 Å². The lowest BCUT2D eigenvalue weighted by Crippen LogP contribution is -2.51. The molecule has 1 aromatic carbocycles. The van der Waals surface area contributed by atoms with E-state index < -0.39 is 12.1 Å². The summed E-state index contributed by atoms with van der Waals surface area (Å²) in [6.45, 7) is 3.52. The molecule has 9 nitrogen and oxygen atoms in total.